The Bertz CT molecular complexity index is 1350. The van der Waals surface area contributed by atoms with Gasteiger partial charge in [-0.2, -0.15) is 5.10 Å². The number of carbonyl (C=O) groups is 1. The number of carbonyl (C=O) groups excluding carboxylic acids is 1. The molecule has 0 unspecified atom stereocenters. The number of amides is 1. The normalized spacial score (nSPS) is 12.7. The Morgan fingerprint density at radius 3 is 2.44 bits per heavy atom. The van der Waals surface area contributed by atoms with Gasteiger partial charge in [0.05, 0.1) is 12.7 Å². The lowest BCUT2D eigenvalue weighted by Gasteiger charge is -2.15. The largest absolute Gasteiger partial charge is 0.453 e. The van der Waals surface area contributed by atoms with E-state index >= 15 is 0 Å². The minimum atomic E-state index is -0.329. The first-order valence-electron chi connectivity index (χ1n) is 11.2. The fourth-order valence-electron chi connectivity index (χ4n) is 3.53. The Morgan fingerprint density at radius 2 is 1.71 bits per heavy atom. The first-order valence-corrected chi connectivity index (χ1v) is 11.2. The summed E-state index contributed by atoms with van der Waals surface area (Å²) < 4.78 is 7.38. The summed E-state index contributed by atoms with van der Waals surface area (Å²) in [7, 11) is 0. The third-order valence-electron chi connectivity index (χ3n) is 5.46. The molecule has 34 heavy (non-hydrogen) atoms. The summed E-state index contributed by atoms with van der Waals surface area (Å²) >= 11 is 0. The maximum atomic E-state index is 13.4. The van der Waals surface area contributed by atoms with Crippen molar-refractivity contribution in [3.8, 4) is 11.5 Å². The molecule has 4 aromatic rings. The molecule has 0 bridgehead atoms. The minimum Gasteiger partial charge on any atom is -0.453 e. The molecule has 170 valence electrons. The molecule has 1 aliphatic carbocycles. The number of anilines is 2. The maximum absolute atomic E-state index is 13.4. The Labute approximate surface area is 197 Å². The van der Waals surface area contributed by atoms with Crippen LogP contribution >= 0.6 is 0 Å². The van der Waals surface area contributed by atoms with Crippen LogP contribution in [0.3, 0.4) is 0 Å². The van der Waals surface area contributed by atoms with Gasteiger partial charge in [-0.05, 0) is 48.7 Å². The lowest BCUT2D eigenvalue weighted by atomic mass is 10.2. The lowest BCUT2D eigenvalue weighted by Crippen LogP contribution is -2.26. The molecule has 7 heteroatoms. The van der Waals surface area contributed by atoms with E-state index in [2.05, 4.69) is 15.7 Å². The summed E-state index contributed by atoms with van der Waals surface area (Å²) in [5.74, 6) is 0.765. The number of hydrogen-bond acceptors (Lipinski definition) is 5. The molecule has 5 rings (SSSR count). The minimum absolute atomic E-state index is 0.122. The topological polar surface area (TPSA) is 85.2 Å². The van der Waals surface area contributed by atoms with Crippen LogP contribution in [0.4, 0.5) is 11.4 Å². The second-order valence-corrected chi connectivity index (χ2v) is 8.20. The summed E-state index contributed by atoms with van der Waals surface area (Å²) in [6.07, 6.45) is 3.56. The van der Waals surface area contributed by atoms with Crippen molar-refractivity contribution in [1.82, 2.24) is 15.1 Å². The number of rotatable bonds is 8. The van der Waals surface area contributed by atoms with E-state index in [1.807, 2.05) is 66.7 Å². The zero-order valence-electron chi connectivity index (χ0n) is 18.5. The highest BCUT2D eigenvalue weighted by Gasteiger charge is 2.24. The van der Waals surface area contributed by atoms with E-state index in [9.17, 15) is 9.59 Å². The third kappa shape index (κ3) is 5.15. The number of para-hydroxylation sites is 1. The fourth-order valence-corrected chi connectivity index (χ4v) is 3.53. The smallest absolute Gasteiger partial charge is 0.294 e. The molecule has 1 saturated carbocycles. The predicted molar refractivity (Wildman–Crippen MR) is 131 cm³/mol. The molecular weight excluding hydrogens is 428 g/mol. The van der Waals surface area contributed by atoms with Crippen LogP contribution in [0.5, 0.6) is 11.5 Å². The zero-order chi connectivity index (χ0) is 23.3. The van der Waals surface area contributed by atoms with Gasteiger partial charge in [-0.15, -0.1) is 0 Å². The molecule has 0 atom stereocenters. The van der Waals surface area contributed by atoms with Crippen LogP contribution in [0, 0.1) is 0 Å². The number of nitrogens with one attached hydrogen (secondary N) is 2. The van der Waals surface area contributed by atoms with Crippen molar-refractivity contribution in [3.05, 3.63) is 113 Å². The molecule has 0 aliphatic heterocycles. The number of benzene rings is 3. The van der Waals surface area contributed by atoms with Gasteiger partial charge in [0.2, 0.25) is 0 Å². The van der Waals surface area contributed by atoms with E-state index < -0.39 is 0 Å². The van der Waals surface area contributed by atoms with Crippen molar-refractivity contribution in [2.45, 2.75) is 25.4 Å². The molecule has 0 spiro atoms. The van der Waals surface area contributed by atoms with Gasteiger partial charge in [-0.3, -0.25) is 9.59 Å². The molecule has 1 fully saturated rings. The van der Waals surface area contributed by atoms with Gasteiger partial charge in [0.15, 0.2) is 11.4 Å². The van der Waals surface area contributed by atoms with Crippen molar-refractivity contribution in [2.24, 2.45) is 0 Å². The van der Waals surface area contributed by atoms with Crippen molar-refractivity contribution in [1.29, 1.82) is 0 Å². The first-order chi connectivity index (χ1) is 16.7. The van der Waals surface area contributed by atoms with Gasteiger partial charge in [-0.25, -0.2) is 4.68 Å². The van der Waals surface area contributed by atoms with Crippen LogP contribution < -0.4 is 20.9 Å². The Morgan fingerprint density at radius 1 is 0.971 bits per heavy atom. The van der Waals surface area contributed by atoms with E-state index in [-0.39, 0.29) is 23.2 Å². The highest BCUT2D eigenvalue weighted by Crippen LogP contribution is 2.29. The molecule has 1 aromatic heterocycles. The van der Waals surface area contributed by atoms with E-state index in [1.54, 1.807) is 18.2 Å². The molecule has 7 nitrogen and oxygen atoms in total. The summed E-state index contributed by atoms with van der Waals surface area (Å²) in [4.78, 5) is 25.9. The average Bonchev–Trinajstić information content (AvgIpc) is 3.69. The van der Waals surface area contributed by atoms with Crippen LogP contribution in [-0.4, -0.2) is 21.7 Å². The summed E-state index contributed by atoms with van der Waals surface area (Å²) in [5, 5.41) is 10.5. The monoisotopic (exact) mass is 452 g/mol. The van der Waals surface area contributed by atoms with Crippen LogP contribution in [-0.2, 0) is 6.54 Å². The van der Waals surface area contributed by atoms with Gasteiger partial charge in [-0.1, -0.05) is 54.6 Å². The van der Waals surface area contributed by atoms with Crippen molar-refractivity contribution in [2.75, 3.05) is 5.32 Å². The Balaban J connectivity index is 1.48. The van der Waals surface area contributed by atoms with Crippen LogP contribution in [0.1, 0.15) is 28.8 Å². The lowest BCUT2D eigenvalue weighted by molar-refractivity contribution is 0.0951. The van der Waals surface area contributed by atoms with Gasteiger partial charge in [0, 0.05) is 17.3 Å². The standard InChI is InChI=1S/C27H24N4O3/c32-26(30-21-14-15-21)20-10-7-11-22(16-20)29-25-24(34-23-12-5-2-6-13-23)17-28-31(27(25)33)18-19-8-3-1-4-9-19/h1-13,16-17,21,29H,14-15,18H2,(H,30,32). The summed E-state index contributed by atoms with van der Waals surface area (Å²) in [5.41, 5.74) is 2.01. The second-order valence-electron chi connectivity index (χ2n) is 8.20. The molecule has 1 heterocycles. The second kappa shape index (κ2) is 9.62. The highest BCUT2D eigenvalue weighted by atomic mass is 16.5. The molecule has 1 amide bonds. The number of ether oxygens (including phenoxy) is 1. The van der Waals surface area contributed by atoms with Gasteiger partial charge >= 0.3 is 0 Å². The predicted octanol–water partition coefficient (Wildman–Crippen LogP) is 4.72. The van der Waals surface area contributed by atoms with Crippen LogP contribution in [0.15, 0.2) is 95.9 Å². The first kappa shape index (κ1) is 21.5. The van der Waals surface area contributed by atoms with Crippen LogP contribution in [0.2, 0.25) is 0 Å². The Hall–Kier alpha value is -4.39. The van der Waals surface area contributed by atoms with Gasteiger partial charge in [0.1, 0.15) is 5.75 Å². The third-order valence-corrected chi connectivity index (χ3v) is 5.46. The summed E-state index contributed by atoms with van der Waals surface area (Å²) in [6, 6.07) is 26.2. The van der Waals surface area contributed by atoms with E-state index in [0.717, 1.165) is 18.4 Å². The number of nitrogens with zero attached hydrogens (tertiary/aromatic N) is 2. The molecule has 1 aliphatic rings. The van der Waals surface area contributed by atoms with Gasteiger partial charge in [0.25, 0.3) is 11.5 Å². The number of hydrogen-bond donors (Lipinski definition) is 2. The maximum Gasteiger partial charge on any atom is 0.294 e. The average molecular weight is 453 g/mol. The molecule has 0 saturated heterocycles. The molecular formula is C27H24N4O3. The molecule has 2 N–H and O–H groups in total. The summed E-state index contributed by atoms with van der Waals surface area (Å²) in [6.45, 7) is 0.323. The van der Waals surface area contributed by atoms with E-state index in [4.69, 9.17) is 4.74 Å². The van der Waals surface area contributed by atoms with E-state index in [0.29, 0.717) is 29.3 Å². The highest BCUT2D eigenvalue weighted by molar-refractivity contribution is 5.95. The molecule has 0 radical (unpaired) electrons. The fraction of sp³-hybridized carbons (Fsp3) is 0.148. The van der Waals surface area contributed by atoms with Gasteiger partial charge < -0.3 is 15.4 Å². The molecule has 3 aromatic carbocycles. The van der Waals surface area contributed by atoms with Crippen molar-refractivity contribution < 1.29 is 9.53 Å². The SMILES string of the molecule is O=C(NC1CC1)c1cccc(Nc2c(Oc3ccccc3)cnn(Cc3ccccc3)c2=O)c1. The Kier molecular flexibility index (Phi) is 6.07. The quantitative estimate of drug-likeness (QED) is 0.404. The van der Waals surface area contributed by atoms with Crippen molar-refractivity contribution in [3.63, 3.8) is 0 Å². The zero-order valence-corrected chi connectivity index (χ0v) is 18.5. The van der Waals surface area contributed by atoms with Crippen molar-refractivity contribution >= 4 is 17.3 Å². The number of aromatic nitrogens is 2. The van der Waals surface area contributed by atoms with E-state index in [1.165, 1.54) is 10.9 Å². The van der Waals surface area contributed by atoms with Crippen LogP contribution in [0.25, 0.3) is 0 Å².